The van der Waals surface area contributed by atoms with Gasteiger partial charge in [-0.2, -0.15) is 5.10 Å². The van der Waals surface area contributed by atoms with E-state index in [1.54, 1.807) is 11.7 Å². The molecule has 0 saturated heterocycles. The second kappa shape index (κ2) is 4.31. The zero-order valence-electron chi connectivity index (χ0n) is 6.43. The van der Waals surface area contributed by atoms with Gasteiger partial charge in [-0.3, -0.25) is 14.6 Å². The molecule has 0 spiro atoms. The first-order valence-electron chi connectivity index (χ1n) is 3.21. The molecule has 6 nitrogen and oxygen atoms in total. The van der Waals surface area contributed by atoms with Gasteiger partial charge in [0.15, 0.2) is 0 Å². The molecule has 3 N–H and O–H groups in total. The minimum absolute atomic E-state index is 0.768. The Morgan fingerprint density at radius 1 is 1.69 bits per heavy atom. The maximum atomic E-state index is 10.6. The number of nitrogens with two attached hydrogens (primary N) is 1. The fourth-order valence-electron chi connectivity index (χ4n) is 0.499. The minimum Gasteiger partial charge on any atom is -0.361 e. The largest absolute Gasteiger partial charge is 0.361 e. The van der Waals surface area contributed by atoms with Gasteiger partial charge in [0.2, 0.25) is 0 Å². The first-order valence-corrected chi connectivity index (χ1v) is 4.09. The predicted octanol–water partition coefficient (Wildman–Crippen LogP) is -0.921. The fraction of sp³-hybridized carbons (Fsp3) is 0. The van der Waals surface area contributed by atoms with E-state index in [0.717, 1.165) is 4.88 Å². The topological polar surface area (TPSA) is 97.4 Å². The summed E-state index contributed by atoms with van der Waals surface area (Å²) in [7, 11) is 0. The maximum Gasteiger partial charge on any atom is 0.329 e. The van der Waals surface area contributed by atoms with Crippen molar-refractivity contribution in [2.24, 2.45) is 10.8 Å². The SMILES string of the molecule is NC(=O)C(=O)N/N=C/c1cncs1. The Morgan fingerprint density at radius 2 is 2.46 bits per heavy atom. The number of carbonyl (C=O) groups is 2. The quantitative estimate of drug-likeness (QED) is 0.365. The summed E-state index contributed by atoms with van der Waals surface area (Å²) < 4.78 is 0. The van der Waals surface area contributed by atoms with Crippen molar-refractivity contribution in [2.75, 3.05) is 0 Å². The molecule has 0 aliphatic heterocycles. The average Bonchev–Trinajstić information content (AvgIpc) is 2.56. The highest BCUT2D eigenvalue weighted by molar-refractivity contribution is 7.11. The number of thiazole rings is 1. The number of nitrogens with one attached hydrogen (secondary N) is 1. The van der Waals surface area contributed by atoms with Crippen LogP contribution in [0.4, 0.5) is 0 Å². The molecule has 1 heterocycles. The fourth-order valence-corrected chi connectivity index (χ4v) is 0.978. The van der Waals surface area contributed by atoms with E-state index in [4.69, 9.17) is 0 Å². The van der Waals surface area contributed by atoms with E-state index in [1.165, 1.54) is 17.6 Å². The van der Waals surface area contributed by atoms with E-state index < -0.39 is 11.8 Å². The van der Waals surface area contributed by atoms with Crippen LogP contribution in [0.1, 0.15) is 4.88 Å². The molecular formula is C6H6N4O2S. The second-order valence-electron chi connectivity index (χ2n) is 1.97. The number of rotatable bonds is 2. The zero-order chi connectivity index (χ0) is 9.68. The standard InChI is InChI=1S/C6H6N4O2S/c7-5(11)6(12)10-9-2-4-1-8-3-13-4/h1-3H,(H2,7,11)(H,10,12)/b9-2+. The molecule has 1 rings (SSSR count). The lowest BCUT2D eigenvalue weighted by Crippen LogP contribution is -2.32. The van der Waals surface area contributed by atoms with Gasteiger partial charge in [-0.15, -0.1) is 11.3 Å². The van der Waals surface area contributed by atoms with Crippen LogP contribution in [-0.2, 0) is 9.59 Å². The van der Waals surface area contributed by atoms with Crippen LogP contribution >= 0.6 is 11.3 Å². The van der Waals surface area contributed by atoms with Gasteiger partial charge in [-0.05, 0) is 0 Å². The number of aromatic nitrogens is 1. The van der Waals surface area contributed by atoms with Crippen molar-refractivity contribution < 1.29 is 9.59 Å². The van der Waals surface area contributed by atoms with Crippen molar-refractivity contribution in [1.29, 1.82) is 0 Å². The normalized spacial score (nSPS) is 10.2. The van der Waals surface area contributed by atoms with E-state index >= 15 is 0 Å². The molecule has 0 saturated carbocycles. The smallest absolute Gasteiger partial charge is 0.329 e. The number of hydrogen-bond donors (Lipinski definition) is 2. The van der Waals surface area contributed by atoms with Crippen molar-refractivity contribution >= 4 is 29.4 Å². The lowest BCUT2D eigenvalue weighted by atomic mass is 10.6. The Morgan fingerprint density at radius 3 is 3.00 bits per heavy atom. The summed E-state index contributed by atoms with van der Waals surface area (Å²) in [6.07, 6.45) is 2.95. The molecule has 0 aliphatic rings. The van der Waals surface area contributed by atoms with Gasteiger partial charge in [0, 0.05) is 6.20 Å². The molecule has 7 heteroatoms. The number of hydrazone groups is 1. The second-order valence-corrected chi connectivity index (χ2v) is 2.89. The first-order chi connectivity index (χ1) is 6.20. The van der Waals surface area contributed by atoms with Crippen LogP contribution in [0, 0.1) is 0 Å². The van der Waals surface area contributed by atoms with Gasteiger partial charge in [-0.1, -0.05) is 0 Å². The van der Waals surface area contributed by atoms with E-state index in [2.05, 4.69) is 15.8 Å². The molecule has 0 atom stereocenters. The van der Waals surface area contributed by atoms with Crippen LogP contribution in [0.3, 0.4) is 0 Å². The van der Waals surface area contributed by atoms with Gasteiger partial charge >= 0.3 is 11.8 Å². The van der Waals surface area contributed by atoms with Crippen molar-refractivity contribution in [3.63, 3.8) is 0 Å². The molecule has 68 valence electrons. The van der Waals surface area contributed by atoms with Crippen molar-refractivity contribution in [1.82, 2.24) is 10.4 Å². The molecule has 2 amide bonds. The average molecular weight is 198 g/mol. The predicted molar refractivity (Wildman–Crippen MR) is 47.0 cm³/mol. The molecule has 0 radical (unpaired) electrons. The third-order valence-electron chi connectivity index (χ3n) is 1.03. The number of amides is 2. The van der Waals surface area contributed by atoms with E-state index in [9.17, 15) is 9.59 Å². The van der Waals surface area contributed by atoms with Crippen LogP contribution in [-0.4, -0.2) is 23.0 Å². The van der Waals surface area contributed by atoms with E-state index in [-0.39, 0.29) is 0 Å². The van der Waals surface area contributed by atoms with Gasteiger partial charge in [0.25, 0.3) is 0 Å². The van der Waals surface area contributed by atoms with Crippen molar-refractivity contribution in [2.45, 2.75) is 0 Å². The Labute approximate surface area is 77.5 Å². The lowest BCUT2D eigenvalue weighted by Gasteiger charge is -1.90. The van der Waals surface area contributed by atoms with Gasteiger partial charge < -0.3 is 5.73 Å². The molecule has 0 unspecified atom stereocenters. The maximum absolute atomic E-state index is 10.6. The molecule has 0 aliphatic carbocycles. The van der Waals surface area contributed by atoms with Gasteiger partial charge in [0.05, 0.1) is 16.6 Å². The molecule has 0 aromatic carbocycles. The summed E-state index contributed by atoms with van der Waals surface area (Å²) in [6, 6.07) is 0. The number of primary amides is 1. The number of nitrogens with zero attached hydrogens (tertiary/aromatic N) is 2. The zero-order valence-corrected chi connectivity index (χ0v) is 7.25. The van der Waals surface area contributed by atoms with Gasteiger partial charge in [0.1, 0.15) is 0 Å². The summed E-state index contributed by atoms with van der Waals surface area (Å²) in [4.78, 5) is 25.3. The molecule has 1 aromatic heterocycles. The third-order valence-corrected chi connectivity index (χ3v) is 1.74. The highest BCUT2D eigenvalue weighted by atomic mass is 32.1. The third kappa shape index (κ3) is 2.99. The first kappa shape index (κ1) is 9.33. The molecule has 13 heavy (non-hydrogen) atoms. The Hall–Kier alpha value is -1.76. The van der Waals surface area contributed by atoms with Gasteiger partial charge in [-0.25, -0.2) is 5.43 Å². The summed E-state index contributed by atoms with van der Waals surface area (Å²) in [5, 5.41) is 3.48. The van der Waals surface area contributed by atoms with Crippen molar-refractivity contribution in [3.05, 3.63) is 16.6 Å². The minimum atomic E-state index is -1.07. The van der Waals surface area contributed by atoms with Crippen LogP contribution in [0.5, 0.6) is 0 Å². The highest BCUT2D eigenvalue weighted by Gasteiger charge is 2.05. The monoisotopic (exact) mass is 198 g/mol. The van der Waals surface area contributed by atoms with Crippen LogP contribution in [0.15, 0.2) is 16.8 Å². The lowest BCUT2D eigenvalue weighted by molar-refractivity contribution is -0.137. The van der Waals surface area contributed by atoms with Crippen molar-refractivity contribution in [3.8, 4) is 0 Å². The Kier molecular flexibility index (Phi) is 3.09. The molecular weight excluding hydrogens is 192 g/mol. The summed E-state index contributed by atoms with van der Waals surface area (Å²) in [6.45, 7) is 0. The highest BCUT2D eigenvalue weighted by Crippen LogP contribution is 2.00. The number of carbonyl (C=O) groups excluding carboxylic acids is 2. The molecule has 1 aromatic rings. The Balaban J connectivity index is 2.43. The van der Waals surface area contributed by atoms with E-state index in [0.29, 0.717) is 0 Å². The number of hydrogen-bond acceptors (Lipinski definition) is 5. The van der Waals surface area contributed by atoms with Crippen LogP contribution in [0.25, 0.3) is 0 Å². The molecule has 0 fully saturated rings. The van der Waals surface area contributed by atoms with E-state index in [1.807, 2.05) is 5.43 Å². The van der Waals surface area contributed by atoms with Crippen LogP contribution < -0.4 is 11.2 Å². The van der Waals surface area contributed by atoms with Crippen LogP contribution in [0.2, 0.25) is 0 Å². The summed E-state index contributed by atoms with van der Waals surface area (Å²) in [5.74, 6) is -2.01. The Bertz CT molecular complexity index is 332. The summed E-state index contributed by atoms with van der Waals surface area (Å²) >= 11 is 1.36. The summed E-state index contributed by atoms with van der Waals surface area (Å²) in [5.41, 5.74) is 8.24. The molecule has 0 bridgehead atoms.